The Kier molecular flexibility index (Phi) is 5.10. The third-order valence-electron chi connectivity index (χ3n) is 4.65. The van der Waals surface area contributed by atoms with Gasteiger partial charge in [-0.1, -0.05) is 38.1 Å². The molecule has 0 saturated heterocycles. The molecule has 1 aromatic carbocycles. The molecule has 3 aromatic rings. The second-order valence-corrected chi connectivity index (χ2v) is 7.39. The van der Waals surface area contributed by atoms with Gasteiger partial charge in [0, 0.05) is 12.2 Å². The Bertz CT molecular complexity index is 966. The monoisotopic (exact) mass is 376 g/mol. The minimum Gasteiger partial charge on any atom is -0.487 e. The van der Waals surface area contributed by atoms with E-state index in [1.165, 1.54) is 0 Å². The average molecular weight is 376 g/mol. The van der Waals surface area contributed by atoms with E-state index in [-0.39, 0.29) is 5.91 Å². The van der Waals surface area contributed by atoms with Crippen LogP contribution in [-0.2, 0) is 19.6 Å². The van der Waals surface area contributed by atoms with Gasteiger partial charge < -0.3 is 4.74 Å². The predicted molar refractivity (Wildman–Crippen MR) is 107 cm³/mol. The molecular formula is C22H24N4O2. The van der Waals surface area contributed by atoms with Gasteiger partial charge in [0.25, 0.3) is 5.91 Å². The number of anilines is 1. The first-order chi connectivity index (χ1) is 13.6. The molecule has 3 heterocycles. The summed E-state index contributed by atoms with van der Waals surface area (Å²) in [5.41, 5.74) is 2.33. The number of amides is 1. The highest BCUT2D eigenvalue weighted by Crippen LogP contribution is 2.21. The van der Waals surface area contributed by atoms with Crippen LogP contribution in [0, 0.1) is 5.92 Å². The van der Waals surface area contributed by atoms with E-state index >= 15 is 0 Å². The largest absolute Gasteiger partial charge is 0.487 e. The van der Waals surface area contributed by atoms with Crippen LogP contribution in [0.15, 0.2) is 54.6 Å². The average Bonchev–Trinajstić information content (AvgIpc) is 3.11. The summed E-state index contributed by atoms with van der Waals surface area (Å²) in [6.45, 7) is 5.86. The van der Waals surface area contributed by atoms with Crippen LogP contribution in [0.3, 0.4) is 0 Å². The first-order valence-electron chi connectivity index (χ1n) is 9.62. The molecule has 1 amide bonds. The third kappa shape index (κ3) is 3.91. The van der Waals surface area contributed by atoms with E-state index < -0.39 is 0 Å². The van der Waals surface area contributed by atoms with E-state index in [1.54, 1.807) is 9.58 Å². The summed E-state index contributed by atoms with van der Waals surface area (Å²) in [6.07, 6.45) is 0.898. The highest BCUT2D eigenvalue weighted by atomic mass is 16.5. The Morgan fingerprint density at radius 1 is 1.04 bits per heavy atom. The molecule has 0 radical (unpaired) electrons. The van der Waals surface area contributed by atoms with Gasteiger partial charge in [0.1, 0.15) is 29.6 Å². The lowest BCUT2D eigenvalue weighted by Gasteiger charge is -2.26. The van der Waals surface area contributed by atoms with Gasteiger partial charge in [-0.05, 0) is 42.7 Å². The van der Waals surface area contributed by atoms with Crippen molar-refractivity contribution in [3.8, 4) is 5.75 Å². The second kappa shape index (κ2) is 7.84. The van der Waals surface area contributed by atoms with Crippen LogP contribution >= 0.6 is 0 Å². The molecule has 6 nitrogen and oxygen atoms in total. The second-order valence-electron chi connectivity index (χ2n) is 7.39. The lowest BCUT2D eigenvalue weighted by atomic mass is 10.1. The molecule has 0 atom stereocenters. The Balaban J connectivity index is 1.50. The molecule has 0 bridgehead atoms. The van der Waals surface area contributed by atoms with Crippen molar-refractivity contribution >= 4 is 11.7 Å². The third-order valence-corrected chi connectivity index (χ3v) is 4.65. The first kappa shape index (κ1) is 18.2. The number of hydrogen-bond donors (Lipinski definition) is 0. The normalized spacial score (nSPS) is 13.7. The molecule has 0 N–H and O–H groups in total. The van der Waals surface area contributed by atoms with Crippen molar-refractivity contribution in [2.45, 2.75) is 33.4 Å². The lowest BCUT2D eigenvalue weighted by Crippen LogP contribution is -2.41. The van der Waals surface area contributed by atoms with Gasteiger partial charge in [-0.3, -0.25) is 14.4 Å². The molecule has 4 rings (SSSR count). The Morgan fingerprint density at radius 3 is 2.64 bits per heavy atom. The maximum atomic E-state index is 13.0. The van der Waals surface area contributed by atoms with Crippen molar-refractivity contribution in [3.63, 3.8) is 0 Å². The van der Waals surface area contributed by atoms with Crippen LogP contribution in [-0.4, -0.2) is 27.2 Å². The highest BCUT2D eigenvalue weighted by Gasteiger charge is 2.28. The van der Waals surface area contributed by atoms with Gasteiger partial charge in [-0.25, -0.2) is 4.98 Å². The lowest BCUT2D eigenvalue weighted by molar-refractivity contribution is 0.0961. The van der Waals surface area contributed by atoms with E-state index in [4.69, 9.17) is 9.72 Å². The fourth-order valence-corrected chi connectivity index (χ4v) is 3.36. The fraction of sp³-hybridized carbons (Fsp3) is 0.318. The van der Waals surface area contributed by atoms with E-state index in [9.17, 15) is 4.79 Å². The van der Waals surface area contributed by atoms with Crippen molar-refractivity contribution in [1.82, 2.24) is 14.8 Å². The van der Waals surface area contributed by atoms with Gasteiger partial charge in [0.05, 0.1) is 6.54 Å². The minimum absolute atomic E-state index is 0.0705. The van der Waals surface area contributed by atoms with Crippen LogP contribution in [0.2, 0.25) is 0 Å². The van der Waals surface area contributed by atoms with Crippen LogP contribution in [0.25, 0.3) is 0 Å². The molecule has 1 aliphatic rings. The number of nitrogens with zero attached hydrogens (tertiary/aromatic N) is 4. The highest BCUT2D eigenvalue weighted by molar-refractivity contribution is 6.05. The molecule has 1 aliphatic heterocycles. The van der Waals surface area contributed by atoms with Crippen molar-refractivity contribution in [3.05, 3.63) is 71.7 Å². The number of rotatable bonds is 6. The molecule has 28 heavy (non-hydrogen) atoms. The summed E-state index contributed by atoms with van der Waals surface area (Å²) < 4.78 is 7.52. The SMILES string of the molecule is CC(C)Cc1cccc(N2CCn3nc(COc4ccccc4)cc3C2=O)n1. The van der Waals surface area contributed by atoms with Crippen LogP contribution in [0.5, 0.6) is 5.75 Å². The van der Waals surface area contributed by atoms with Crippen molar-refractivity contribution in [2.75, 3.05) is 11.4 Å². The fourth-order valence-electron chi connectivity index (χ4n) is 3.36. The number of pyridine rings is 1. The molecule has 0 spiro atoms. The molecule has 0 saturated carbocycles. The summed E-state index contributed by atoms with van der Waals surface area (Å²) >= 11 is 0. The molecule has 2 aromatic heterocycles. The first-order valence-corrected chi connectivity index (χ1v) is 9.62. The number of hydrogen-bond acceptors (Lipinski definition) is 4. The topological polar surface area (TPSA) is 60.2 Å². The number of carbonyl (C=O) groups is 1. The zero-order valence-electron chi connectivity index (χ0n) is 16.2. The maximum absolute atomic E-state index is 13.0. The molecule has 6 heteroatoms. The van der Waals surface area contributed by atoms with Crippen LogP contribution in [0.4, 0.5) is 5.82 Å². The van der Waals surface area contributed by atoms with Crippen LogP contribution < -0.4 is 9.64 Å². The van der Waals surface area contributed by atoms with Crippen molar-refractivity contribution < 1.29 is 9.53 Å². The molecule has 144 valence electrons. The van der Waals surface area contributed by atoms with E-state index in [2.05, 4.69) is 18.9 Å². The quantitative estimate of drug-likeness (QED) is 0.658. The number of carbonyl (C=O) groups excluding carboxylic acids is 1. The summed E-state index contributed by atoms with van der Waals surface area (Å²) in [5, 5.41) is 4.53. The number of ether oxygens (including phenoxy) is 1. The Hall–Kier alpha value is -3.15. The predicted octanol–water partition coefficient (Wildman–Crippen LogP) is 3.72. The summed E-state index contributed by atoms with van der Waals surface area (Å²) in [5.74, 6) is 1.94. The summed E-state index contributed by atoms with van der Waals surface area (Å²) in [4.78, 5) is 19.5. The van der Waals surface area contributed by atoms with E-state index in [0.29, 0.717) is 37.1 Å². The van der Waals surface area contributed by atoms with E-state index in [0.717, 1.165) is 23.6 Å². The Labute approximate surface area is 164 Å². The van der Waals surface area contributed by atoms with Gasteiger partial charge in [0.2, 0.25) is 0 Å². The number of aromatic nitrogens is 3. The molecule has 0 unspecified atom stereocenters. The zero-order chi connectivity index (χ0) is 19.5. The van der Waals surface area contributed by atoms with Crippen LogP contribution in [0.1, 0.15) is 35.7 Å². The van der Waals surface area contributed by atoms with Gasteiger partial charge in [0.15, 0.2) is 0 Å². The number of fused-ring (bicyclic) bond motifs is 1. The van der Waals surface area contributed by atoms with Gasteiger partial charge in [-0.15, -0.1) is 0 Å². The maximum Gasteiger partial charge on any atom is 0.277 e. The van der Waals surface area contributed by atoms with Crippen molar-refractivity contribution in [1.29, 1.82) is 0 Å². The molecule has 0 fully saturated rings. The smallest absolute Gasteiger partial charge is 0.277 e. The van der Waals surface area contributed by atoms with Gasteiger partial charge in [-0.2, -0.15) is 5.10 Å². The minimum atomic E-state index is -0.0705. The summed E-state index contributed by atoms with van der Waals surface area (Å²) in [6, 6.07) is 17.3. The van der Waals surface area contributed by atoms with Gasteiger partial charge >= 0.3 is 0 Å². The number of para-hydroxylation sites is 1. The molecule has 0 aliphatic carbocycles. The van der Waals surface area contributed by atoms with Crippen molar-refractivity contribution in [2.24, 2.45) is 5.92 Å². The standard InChI is InChI=1S/C22H24N4O2/c1-16(2)13-17-7-6-10-21(23-17)25-11-12-26-20(22(25)27)14-18(24-26)15-28-19-8-4-3-5-9-19/h3-10,14,16H,11-13,15H2,1-2H3. The number of benzene rings is 1. The van der Waals surface area contributed by atoms with E-state index in [1.807, 2.05) is 54.6 Å². The Morgan fingerprint density at radius 2 is 1.86 bits per heavy atom. The zero-order valence-corrected chi connectivity index (χ0v) is 16.2. The summed E-state index contributed by atoms with van der Waals surface area (Å²) in [7, 11) is 0. The molecular weight excluding hydrogens is 352 g/mol.